The quantitative estimate of drug-likeness (QED) is 0.565. The minimum atomic E-state index is -5.00. The van der Waals surface area contributed by atoms with E-state index in [-0.39, 0.29) is 5.69 Å². The van der Waals surface area contributed by atoms with Gasteiger partial charge in [0.25, 0.3) is 0 Å². The number of hydrogen-bond donors (Lipinski definition) is 1. The highest BCUT2D eigenvalue weighted by atomic mass is 19.4. The maximum atomic E-state index is 12.7. The number of anilines is 1. The van der Waals surface area contributed by atoms with Crippen LogP contribution in [0.2, 0.25) is 0 Å². The topological polar surface area (TPSA) is 55.4 Å². The van der Waals surface area contributed by atoms with Crippen molar-refractivity contribution in [2.75, 3.05) is 12.4 Å². The third-order valence-electron chi connectivity index (χ3n) is 4.60. The summed E-state index contributed by atoms with van der Waals surface area (Å²) in [7, 11) is 1.29. The second kappa shape index (κ2) is 8.41. The molecule has 1 amide bonds. The van der Waals surface area contributed by atoms with Gasteiger partial charge >= 0.3 is 18.1 Å². The van der Waals surface area contributed by atoms with Crippen LogP contribution < -0.4 is 5.32 Å². The molecular formula is C23H18F3NO3. The Balaban J connectivity index is 2.11. The number of hydrogen-bond acceptors (Lipinski definition) is 3. The molecule has 0 fully saturated rings. The summed E-state index contributed by atoms with van der Waals surface area (Å²) in [6.45, 7) is 1.81. The minimum Gasteiger partial charge on any atom is -0.465 e. The number of rotatable bonds is 4. The molecule has 0 unspecified atom stereocenters. The molecule has 0 radical (unpaired) electrons. The molecule has 7 heteroatoms. The van der Waals surface area contributed by atoms with Crippen molar-refractivity contribution in [2.24, 2.45) is 0 Å². The van der Waals surface area contributed by atoms with Gasteiger partial charge in [0.05, 0.1) is 12.7 Å². The van der Waals surface area contributed by atoms with Crippen LogP contribution in [0.15, 0.2) is 66.7 Å². The minimum absolute atomic E-state index is 0.0429. The molecule has 0 bridgehead atoms. The van der Waals surface area contributed by atoms with Gasteiger partial charge < -0.3 is 10.1 Å². The normalized spacial score (nSPS) is 11.1. The lowest BCUT2D eigenvalue weighted by Crippen LogP contribution is -2.30. The molecule has 0 spiro atoms. The number of methoxy groups -OCH3 is 1. The number of ether oxygens (including phenoxy) is 1. The van der Waals surface area contributed by atoms with E-state index in [1.165, 1.54) is 13.2 Å². The first kappa shape index (κ1) is 21.1. The largest absolute Gasteiger partial charge is 0.471 e. The lowest BCUT2D eigenvalue weighted by atomic mass is 9.92. The number of carbonyl (C=O) groups excluding carboxylic acids is 2. The van der Waals surface area contributed by atoms with Gasteiger partial charge in [-0.2, -0.15) is 13.2 Å². The van der Waals surface area contributed by atoms with Crippen molar-refractivity contribution in [3.8, 4) is 22.3 Å². The molecule has 0 heterocycles. The molecule has 0 aromatic heterocycles. The first-order valence-corrected chi connectivity index (χ1v) is 8.98. The fourth-order valence-corrected chi connectivity index (χ4v) is 3.12. The zero-order chi connectivity index (χ0) is 21.9. The zero-order valence-electron chi connectivity index (χ0n) is 16.2. The van der Waals surface area contributed by atoms with Crippen LogP contribution in [0.5, 0.6) is 0 Å². The summed E-state index contributed by atoms with van der Waals surface area (Å²) in [4.78, 5) is 23.6. The Labute approximate surface area is 171 Å². The lowest BCUT2D eigenvalue weighted by Gasteiger charge is -2.16. The molecule has 1 N–H and O–H groups in total. The van der Waals surface area contributed by atoms with Gasteiger partial charge in [0.2, 0.25) is 0 Å². The van der Waals surface area contributed by atoms with Crippen LogP contribution in [-0.4, -0.2) is 25.2 Å². The maximum Gasteiger partial charge on any atom is 0.471 e. The summed E-state index contributed by atoms with van der Waals surface area (Å²) in [6, 6.07) is 18.5. The van der Waals surface area contributed by atoms with Gasteiger partial charge in [0, 0.05) is 11.3 Å². The van der Waals surface area contributed by atoms with Crippen molar-refractivity contribution in [2.45, 2.75) is 13.1 Å². The monoisotopic (exact) mass is 413 g/mol. The summed E-state index contributed by atoms with van der Waals surface area (Å²) < 4.78 is 43.0. The van der Waals surface area contributed by atoms with Crippen molar-refractivity contribution in [1.29, 1.82) is 0 Å². The number of esters is 1. The van der Waals surface area contributed by atoms with Gasteiger partial charge in [-0.05, 0) is 47.4 Å². The summed E-state index contributed by atoms with van der Waals surface area (Å²) in [5.41, 5.74) is 3.59. The molecule has 154 valence electrons. The van der Waals surface area contributed by atoms with E-state index in [9.17, 15) is 22.8 Å². The standard InChI is InChI=1S/C23H18F3NO3/c1-14-11-12-15(16-7-3-4-9-18(16)21(28)30-2)13-19(14)17-8-5-6-10-20(17)27-22(29)23(24,25)26/h3-13H,1-2H3,(H,27,29). The van der Waals surface area contributed by atoms with Crippen molar-refractivity contribution < 1.29 is 27.5 Å². The molecule has 0 aliphatic heterocycles. The van der Waals surface area contributed by atoms with Crippen molar-refractivity contribution >= 4 is 17.6 Å². The highest BCUT2D eigenvalue weighted by Gasteiger charge is 2.39. The van der Waals surface area contributed by atoms with Crippen LogP contribution in [0.25, 0.3) is 22.3 Å². The smallest absolute Gasteiger partial charge is 0.465 e. The first-order chi connectivity index (χ1) is 14.2. The summed E-state index contributed by atoms with van der Waals surface area (Å²) in [5, 5.41) is 1.94. The Kier molecular flexibility index (Phi) is 5.91. The molecule has 3 rings (SSSR count). The highest BCUT2D eigenvalue weighted by Crippen LogP contribution is 2.35. The van der Waals surface area contributed by atoms with Crippen LogP contribution >= 0.6 is 0 Å². The van der Waals surface area contributed by atoms with Crippen LogP contribution in [0.3, 0.4) is 0 Å². The fourth-order valence-electron chi connectivity index (χ4n) is 3.12. The number of halogens is 3. The van der Waals surface area contributed by atoms with Crippen LogP contribution in [0, 0.1) is 6.92 Å². The van der Waals surface area contributed by atoms with Crippen LogP contribution in [0.4, 0.5) is 18.9 Å². The molecule has 0 saturated carbocycles. The van der Waals surface area contributed by atoms with Gasteiger partial charge in [-0.1, -0.05) is 48.5 Å². The summed E-state index contributed by atoms with van der Waals surface area (Å²) in [5.74, 6) is -2.54. The molecule has 4 nitrogen and oxygen atoms in total. The first-order valence-electron chi connectivity index (χ1n) is 8.98. The van der Waals surface area contributed by atoms with Gasteiger partial charge in [-0.25, -0.2) is 4.79 Å². The van der Waals surface area contributed by atoms with E-state index >= 15 is 0 Å². The van der Waals surface area contributed by atoms with Gasteiger partial charge in [0.1, 0.15) is 0 Å². The molecule has 0 aliphatic rings. The SMILES string of the molecule is COC(=O)c1ccccc1-c1ccc(C)c(-c2ccccc2NC(=O)C(F)(F)F)c1. The predicted molar refractivity (Wildman–Crippen MR) is 108 cm³/mol. The second-order valence-electron chi connectivity index (χ2n) is 6.56. The average molecular weight is 413 g/mol. The number of benzene rings is 3. The number of alkyl halides is 3. The Morgan fingerprint density at radius 3 is 2.17 bits per heavy atom. The van der Waals surface area contributed by atoms with Crippen molar-refractivity contribution in [3.63, 3.8) is 0 Å². The van der Waals surface area contributed by atoms with Crippen molar-refractivity contribution in [1.82, 2.24) is 0 Å². The number of carbonyl (C=O) groups is 2. The lowest BCUT2D eigenvalue weighted by molar-refractivity contribution is -0.167. The van der Waals surface area contributed by atoms with Gasteiger partial charge in [-0.3, -0.25) is 4.79 Å². The zero-order valence-corrected chi connectivity index (χ0v) is 16.2. The maximum absolute atomic E-state index is 12.7. The fraction of sp³-hybridized carbons (Fsp3) is 0.130. The van der Waals surface area contributed by atoms with E-state index in [1.807, 2.05) is 18.3 Å². The molecule has 3 aromatic carbocycles. The third kappa shape index (κ3) is 4.35. The summed E-state index contributed by atoms with van der Waals surface area (Å²) >= 11 is 0. The van der Waals surface area contributed by atoms with Crippen LogP contribution in [-0.2, 0) is 9.53 Å². The van der Waals surface area contributed by atoms with Crippen LogP contribution in [0.1, 0.15) is 15.9 Å². The molecular weight excluding hydrogens is 395 g/mol. The van der Waals surface area contributed by atoms with E-state index in [4.69, 9.17) is 4.74 Å². The average Bonchev–Trinajstić information content (AvgIpc) is 2.73. The number of aryl methyl sites for hydroxylation is 1. The van der Waals surface area contributed by atoms with E-state index in [0.29, 0.717) is 27.8 Å². The number of amides is 1. The predicted octanol–water partition coefficient (Wildman–Crippen LogP) is 5.62. The Morgan fingerprint density at radius 1 is 0.867 bits per heavy atom. The van der Waals surface area contributed by atoms with Gasteiger partial charge in [0.15, 0.2) is 0 Å². The van der Waals surface area contributed by atoms with E-state index < -0.39 is 18.1 Å². The summed E-state index contributed by atoms with van der Waals surface area (Å²) in [6.07, 6.45) is -5.00. The van der Waals surface area contributed by atoms with E-state index in [2.05, 4.69) is 0 Å². The molecule has 30 heavy (non-hydrogen) atoms. The van der Waals surface area contributed by atoms with E-state index in [1.54, 1.807) is 54.6 Å². The molecule has 3 aromatic rings. The second-order valence-corrected chi connectivity index (χ2v) is 6.56. The third-order valence-corrected chi connectivity index (χ3v) is 4.60. The highest BCUT2D eigenvalue weighted by molar-refractivity contribution is 6.00. The molecule has 0 aliphatic carbocycles. The Hall–Kier alpha value is -3.61. The van der Waals surface area contributed by atoms with Crippen molar-refractivity contribution in [3.05, 3.63) is 77.9 Å². The number of nitrogens with one attached hydrogen (secondary N) is 1. The Morgan fingerprint density at radius 2 is 1.50 bits per heavy atom. The van der Waals surface area contributed by atoms with E-state index in [0.717, 1.165) is 5.56 Å². The number of para-hydroxylation sites is 1. The van der Waals surface area contributed by atoms with Gasteiger partial charge in [-0.15, -0.1) is 0 Å². The molecule has 0 atom stereocenters. The Bertz CT molecular complexity index is 1110. The molecule has 0 saturated heterocycles.